The van der Waals surface area contributed by atoms with Crippen LogP contribution in [0, 0.1) is 11.3 Å². The van der Waals surface area contributed by atoms with Gasteiger partial charge in [0.2, 0.25) is 0 Å². The van der Waals surface area contributed by atoms with Gasteiger partial charge < -0.3 is 14.4 Å². The van der Waals surface area contributed by atoms with Gasteiger partial charge in [0.15, 0.2) is 11.5 Å². The van der Waals surface area contributed by atoms with Crippen molar-refractivity contribution >= 4 is 28.4 Å². The van der Waals surface area contributed by atoms with E-state index >= 15 is 0 Å². The van der Waals surface area contributed by atoms with Crippen LogP contribution in [-0.4, -0.2) is 19.6 Å². The second-order valence-electron chi connectivity index (χ2n) is 8.34. The van der Waals surface area contributed by atoms with Gasteiger partial charge in [-0.25, -0.2) is 0 Å². The summed E-state index contributed by atoms with van der Waals surface area (Å²) in [5.74, 6) is 0.832. The highest BCUT2D eigenvalue weighted by Crippen LogP contribution is 2.32. The molecule has 1 amide bonds. The number of nitrogens with zero attached hydrogens (tertiary/aromatic N) is 2. The van der Waals surface area contributed by atoms with E-state index < -0.39 is 0 Å². The minimum atomic E-state index is -0.298. The molecule has 5 rings (SSSR count). The molecule has 5 nitrogen and oxygen atoms in total. The minimum absolute atomic E-state index is 0.0770. The number of ether oxygens (including phenoxy) is 2. The van der Waals surface area contributed by atoms with Crippen molar-refractivity contribution in [3.05, 3.63) is 107 Å². The Labute approximate surface area is 204 Å². The lowest BCUT2D eigenvalue weighted by Crippen LogP contribution is -2.29. The average Bonchev–Trinajstić information content (AvgIpc) is 3.34. The molecule has 0 spiro atoms. The van der Waals surface area contributed by atoms with Gasteiger partial charge in [0.05, 0.1) is 7.11 Å². The summed E-state index contributed by atoms with van der Waals surface area (Å²) in [5, 5.41) is 12.0. The third-order valence-corrected chi connectivity index (χ3v) is 6.24. The standard InChI is InChI=1S/C30H24N2O3/c1-34-29-18-21(17-25(19-31)30(33)32-16-15-23-8-3-5-12-27(23)32)13-14-28(29)35-20-24-10-6-9-22-7-2-4-11-26(22)24/h2-14,17-18H,15-16,20H2,1H3. The molecule has 0 aliphatic carbocycles. The molecule has 0 radical (unpaired) electrons. The number of amides is 1. The van der Waals surface area contributed by atoms with E-state index in [1.165, 1.54) is 0 Å². The third-order valence-electron chi connectivity index (χ3n) is 6.24. The van der Waals surface area contributed by atoms with Gasteiger partial charge in [0.25, 0.3) is 5.91 Å². The third kappa shape index (κ3) is 4.47. The number of anilines is 1. The van der Waals surface area contributed by atoms with Gasteiger partial charge in [-0.2, -0.15) is 5.26 Å². The number of fused-ring (bicyclic) bond motifs is 2. The number of methoxy groups -OCH3 is 1. The molecule has 5 heteroatoms. The molecule has 0 atom stereocenters. The molecule has 4 aromatic rings. The number of carbonyl (C=O) groups excluding carboxylic acids is 1. The maximum Gasteiger partial charge on any atom is 0.268 e. The zero-order valence-electron chi connectivity index (χ0n) is 19.4. The molecular formula is C30H24N2O3. The molecule has 0 bridgehead atoms. The van der Waals surface area contributed by atoms with Crippen LogP contribution < -0.4 is 14.4 Å². The van der Waals surface area contributed by atoms with E-state index in [2.05, 4.69) is 24.3 Å². The Kier molecular flexibility index (Phi) is 6.19. The van der Waals surface area contributed by atoms with E-state index in [4.69, 9.17) is 9.47 Å². The number of para-hydroxylation sites is 1. The quantitative estimate of drug-likeness (QED) is 0.265. The van der Waals surface area contributed by atoms with E-state index in [0.29, 0.717) is 30.2 Å². The first-order chi connectivity index (χ1) is 17.2. The van der Waals surface area contributed by atoms with Gasteiger partial charge in [-0.3, -0.25) is 4.79 Å². The van der Waals surface area contributed by atoms with Crippen LogP contribution in [0.1, 0.15) is 16.7 Å². The van der Waals surface area contributed by atoms with Crippen LogP contribution in [0.5, 0.6) is 11.5 Å². The van der Waals surface area contributed by atoms with Crippen LogP contribution in [0.4, 0.5) is 5.69 Å². The van der Waals surface area contributed by atoms with Gasteiger partial charge in [-0.15, -0.1) is 0 Å². The highest BCUT2D eigenvalue weighted by molar-refractivity contribution is 6.12. The Hall–Kier alpha value is -4.56. The van der Waals surface area contributed by atoms with E-state index in [0.717, 1.165) is 34.0 Å². The highest BCUT2D eigenvalue weighted by atomic mass is 16.5. The molecule has 0 saturated carbocycles. The molecule has 1 aliphatic rings. The van der Waals surface area contributed by atoms with Crippen molar-refractivity contribution in [1.29, 1.82) is 5.26 Å². The Morgan fingerprint density at radius 2 is 1.80 bits per heavy atom. The van der Waals surface area contributed by atoms with Crippen molar-refractivity contribution in [2.24, 2.45) is 0 Å². The van der Waals surface area contributed by atoms with Crippen LogP contribution in [-0.2, 0) is 17.8 Å². The monoisotopic (exact) mass is 460 g/mol. The lowest BCUT2D eigenvalue weighted by atomic mass is 10.1. The summed E-state index contributed by atoms with van der Waals surface area (Å²) in [6.07, 6.45) is 2.39. The largest absolute Gasteiger partial charge is 0.493 e. The zero-order chi connectivity index (χ0) is 24.2. The maximum absolute atomic E-state index is 13.1. The first-order valence-corrected chi connectivity index (χ1v) is 11.5. The van der Waals surface area contributed by atoms with Crippen LogP contribution in [0.2, 0.25) is 0 Å². The van der Waals surface area contributed by atoms with Crippen molar-refractivity contribution in [2.75, 3.05) is 18.6 Å². The molecule has 4 aromatic carbocycles. The van der Waals surface area contributed by atoms with Gasteiger partial charge in [-0.1, -0.05) is 66.7 Å². The zero-order valence-corrected chi connectivity index (χ0v) is 19.4. The average molecular weight is 461 g/mol. The Balaban J connectivity index is 1.36. The summed E-state index contributed by atoms with van der Waals surface area (Å²) in [5.41, 5.74) is 3.84. The van der Waals surface area contributed by atoms with Crippen molar-refractivity contribution in [3.8, 4) is 17.6 Å². The fourth-order valence-electron chi connectivity index (χ4n) is 4.47. The second kappa shape index (κ2) is 9.74. The summed E-state index contributed by atoms with van der Waals surface area (Å²) in [4.78, 5) is 14.8. The molecule has 0 N–H and O–H groups in total. The fourth-order valence-corrected chi connectivity index (χ4v) is 4.47. The summed E-state index contributed by atoms with van der Waals surface area (Å²) in [6.45, 7) is 0.963. The van der Waals surface area contributed by atoms with Gasteiger partial charge in [0, 0.05) is 12.2 Å². The van der Waals surface area contributed by atoms with Crippen LogP contribution >= 0.6 is 0 Å². The molecule has 35 heavy (non-hydrogen) atoms. The van der Waals surface area contributed by atoms with E-state index in [1.807, 2.05) is 54.6 Å². The van der Waals surface area contributed by atoms with E-state index in [1.54, 1.807) is 30.2 Å². The second-order valence-corrected chi connectivity index (χ2v) is 8.34. The Morgan fingerprint density at radius 1 is 1.00 bits per heavy atom. The maximum atomic E-state index is 13.1. The molecule has 0 saturated heterocycles. The lowest BCUT2D eigenvalue weighted by Gasteiger charge is -2.17. The minimum Gasteiger partial charge on any atom is -0.493 e. The highest BCUT2D eigenvalue weighted by Gasteiger charge is 2.26. The first kappa shape index (κ1) is 22.2. The number of carbonyl (C=O) groups is 1. The first-order valence-electron chi connectivity index (χ1n) is 11.5. The SMILES string of the molecule is COc1cc(C=C(C#N)C(=O)N2CCc3ccccc32)ccc1OCc1cccc2ccccc12. The number of hydrogen-bond acceptors (Lipinski definition) is 4. The molecule has 0 aromatic heterocycles. The molecule has 0 fully saturated rings. The van der Waals surface area contributed by atoms with Gasteiger partial charge in [-0.05, 0) is 58.2 Å². The summed E-state index contributed by atoms with van der Waals surface area (Å²) >= 11 is 0. The fraction of sp³-hybridized carbons (Fsp3) is 0.133. The molecule has 172 valence electrons. The number of benzene rings is 4. The van der Waals surface area contributed by atoms with E-state index in [-0.39, 0.29) is 11.5 Å². The Morgan fingerprint density at radius 3 is 2.66 bits per heavy atom. The van der Waals surface area contributed by atoms with Crippen molar-refractivity contribution in [3.63, 3.8) is 0 Å². The topological polar surface area (TPSA) is 62.6 Å². The van der Waals surface area contributed by atoms with Crippen LogP contribution in [0.15, 0.2) is 90.5 Å². The smallest absolute Gasteiger partial charge is 0.268 e. The predicted octanol–water partition coefficient (Wildman–Crippen LogP) is 5.92. The Bertz CT molecular complexity index is 1480. The summed E-state index contributed by atoms with van der Waals surface area (Å²) in [7, 11) is 1.57. The predicted molar refractivity (Wildman–Crippen MR) is 137 cm³/mol. The number of rotatable bonds is 6. The van der Waals surface area contributed by atoms with Crippen LogP contribution in [0.3, 0.4) is 0 Å². The normalized spacial score (nSPS) is 12.8. The van der Waals surface area contributed by atoms with Gasteiger partial charge >= 0.3 is 0 Å². The van der Waals surface area contributed by atoms with Crippen molar-refractivity contribution in [1.82, 2.24) is 0 Å². The molecule has 1 heterocycles. The van der Waals surface area contributed by atoms with E-state index in [9.17, 15) is 10.1 Å². The molecular weight excluding hydrogens is 436 g/mol. The molecule has 0 unspecified atom stereocenters. The lowest BCUT2D eigenvalue weighted by molar-refractivity contribution is -0.114. The van der Waals surface area contributed by atoms with Crippen LogP contribution in [0.25, 0.3) is 16.8 Å². The van der Waals surface area contributed by atoms with Crippen molar-refractivity contribution in [2.45, 2.75) is 13.0 Å². The summed E-state index contributed by atoms with van der Waals surface area (Å²) < 4.78 is 11.6. The van der Waals surface area contributed by atoms with Gasteiger partial charge in [0.1, 0.15) is 18.2 Å². The van der Waals surface area contributed by atoms with Crippen molar-refractivity contribution < 1.29 is 14.3 Å². The number of hydrogen-bond donors (Lipinski definition) is 0. The molecule has 1 aliphatic heterocycles. The summed E-state index contributed by atoms with van der Waals surface area (Å²) in [6, 6.07) is 29.6. The number of nitriles is 1.